The van der Waals surface area contributed by atoms with Crippen LogP contribution in [-0.2, 0) is 0 Å². The number of rotatable bonds is 3. The zero-order valence-corrected chi connectivity index (χ0v) is 5.18. The van der Waals surface area contributed by atoms with Crippen LogP contribution in [0.2, 0.25) is 0 Å². The third-order valence-corrected chi connectivity index (χ3v) is 0.508. The molecule has 0 aromatic rings. The predicted octanol–water partition coefficient (Wildman–Crippen LogP) is 0.125. The van der Waals surface area contributed by atoms with E-state index in [1.807, 2.05) is 6.07 Å². The van der Waals surface area contributed by atoms with Crippen molar-refractivity contribution < 1.29 is 0 Å². The van der Waals surface area contributed by atoms with Crippen molar-refractivity contribution in [2.75, 3.05) is 6.54 Å². The lowest BCUT2D eigenvalue weighted by atomic mass is 10.5. The molecule has 0 atom stereocenters. The molecule has 0 bridgehead atoms. The van der Waals surface area contributed by atoms with Gasteiger partial charge in [-0.2, -0.15) is 10.4 Å². The van der Waals surface area contributed by atoms with E-state index in [1.54, 1.807) is 6.92 Å². The Morgan fingerprint density at radius 2 is 2.67 bits per heavy atom. The first-order valence-corrected chi connectivity index (χ1v) is 2.45. The molecule has 0 saturated heterocycles. The zero-order valence-electron chi connectivity index (χ0n) is 5.18. The lowest BCUT2D eigenvalue weighted by molar-refractivity contribution is 0.839. The third-order valence-electron chi connectivity index (χ3n) is 0.508. The van der Waals surface area contributed by atoms with Crippen LogP contribution in [0.25, 0.3) is 0 Å². The molecule has 0 aliphatic carbocycles. The minimum Gasteiger partial charge on any atom is -0.304 e. The second kappa shape index (κ2) is 4.78. The highest BCUT2D eigenvalue weighted by Crippen LogP contribution is 1.61. The second-order valence-corrected chi connectivity index (χ2v) is 1.43. The Morgan fingerprint density at radius 1 is 2.00 bits per heavy atom. The Bertz CT molecular complexity index is 153. The van der Waals surface area contributed by atoms with Crippen LogP contribution in [-0.4, -0.2) is 18.5 Å². The van der Waals surface area contributed by atoms with E-state index in [0.29, 0.717) is 5.71 Å². The van der Waals surface area contributed by atoms with Crippen LogP contribution in [0.5, 0.6) is 0 Å². The van der Waals surface area contributed by atoms with Gasteiger partial charge in [0.15, 0.2) is 0 Å². The Morgan fingerprint density at radius 3 is 3.11 bits per heavy atom. The summed E-state index contributed by atoms with van der Waals surface area (Å²) in [6.07, 6.45) is 1.34. The van der Waals surface area contributed by atoms with Gasteiger partial charge in [-0.1, -0.05) is 0 Å². The lowest BCUT2D eigenvalue weighted by Crippen LogP contribution is -2.06. The van der Waals surface area contributed by atoms with Gasteiger partial charge in [0.1, 0.15) is 6.54 Å². The molecule has 4 nitrogen and oxygen atoms in total. The number of hydrogen-bond acceptors (Lipinski definition) is 4. The molecule has 4 heteroatoms. The Kier molecular flexibility index (Phi) is 4.05. The first-order valence-electron chi connectivity index (χ1n) is 2.45. The molecule has 0 amide bonds. The summed E-state index contributed by atoms with van der Waals surface area (Å²) >= 11 is 0. The summed E-state index contributed by atoms with van der Waals surface area (Å²) in [5.41, 5.74) is 2.80. The SMILES string of the molecule is CC(=N)/C=N\NCC#N. The number of nitriles is 1. The van der Waals surface area contributed by atoms with E-state index in [0.717, 1.165) is 0 Å². The van der Waals surface area contributed by atoms with Crippen LogP contribution in [0.1, 0.15) is 6.92 Å². The molecular weight excluding hydrogens is 116 g/mol. The Labute approximate surface area is 53.7 Å². The van der Waals surface area contributed by atoms with Crippen molar-refractivity contribution in [3.63, 3.8) is 0 Å². The Hall–Kier alpha value is -1.37. The predicted molar refractivity (Wildman–Crippen MR) is 35.5 cm³/mol. The normalized spacial score (nSPS) is 8.89. The fourth-order valence-electron chi connectivity index (χ4n) is 0.223. The van der Waals surface area contributed by atoms with Gasteiger partial charge in [0.25, 0.3) is 0 Å². The highest BCUT2D eigenvalue weighted by molar-refractivity contribution is 6.27. The summed E-state index contributed by atoms with van der Waals surface area (Å²) in [6, 6.07) is 1.85. The molecule has 0 aliphatic heterocycles. The van der Waals surface area contributed by atoms with Crippen LogP contribution in [0, 0.1) is 16.7 Å². The molecule has 0 fully saturated rings. The molecule has 0 unspecified atom stereocenters. The maximum atomic E-state index is 7.99. The number of hydrogen-bond donors (Lipinski definition) is 2. The van der Waals surface area contributed by atoms with E-state index in [2.05, 4.69) is 10.5 Å². The summed E-state index contributed by atoms with van der Waals surface area (Å²) in [4.78, 5) is 0. The van der Waals surface area contributed by atoms with Crippen molar-refractivity contribution in [2.24, 2.45) is 5.10 Å². The molecule has 0 rings (SSSR count). The fourth-order valence-corrected chi connectivity index (χ4v) is 0.223. The summed E-state index contributed by atoms with van der Waals surface area (Å²) in [5, 5.41) is 18.4. The molecule has 48 valence electrons. The molecule has 9 heavy (non-hydrogen) atoms. The summed E-state index contributed by atoms with van der Waals surface area (Å²) < 4.78 is 0. The van der Waals surface area contributed by atoms with E-state index in [9.17, 15) is 0 Å². The van der Waals surface area contributed by atoms with Gasteiger partial charge >= 0.3 is 0 Å². The number of nitrogens with zero attached hydrogens (tertiary/aromatic N) is 2. The first kappa shape index (κ1) is 7.63. The van der Waals surface area contributed by atoms with Gasteiger partial charge in [-0.15, -0.1) is 0 Å². The van der Waals surface area contributed by atoms with Crippen molar-refractivity contribution in [3.05, 3.63) is 0 Å². The van der Waals surface area contributed by atoms with Crippen LogP contribution < -0.4 is 5.43 Å². The van der Waals surface area contributed by atoms with E-state index in [1.165, 1.54) is 6.21 Å². The van der Waals surface area contributed by atoms with Gasteiger partial charge in [-0.3, -0.25) is 5.43 Å². The standard InChI is InChI=1S/C5H8N4/c1-5(7)4-9-8-3-2-6/h4,7-8H,3H2,1H3/b7-5?,9-4-. The third kappa shape index (κ3) is 6.63. The van der Waals surface area contributed by atoms with E-state index in [4.69, 9.17) is 10.7 Å². The van der Waals surface area contributed by atoms with Crippen molar-refractivity contribution in [3.8, 4) is 6.07 Å². The monoisotopic (exact) mass is 124 g/mol. The number of nitrogens with one attached hydrogen (secondary N) is 2. The summed E-state index contributed by atoms with van der Waals surface area (Å²) in [5.74, 6) is 0. The van der Waals surface area contributed by atoms with Gasteiger partial charge in [0, 0.05) is 5.71 Å². The van der Waals surface area contributed by atoms with Gasteiger partial charge < -0.3 is 5.41 Å². The van der Waals surface area contributed by atoms with Crippen molar-refractivity contribution in [1.29, 1.82) is 10.7 Å². The topological polar surface area (TPSA) is 72.0 Å². The quantitative estimate of drug-likeness (QED) is 0.243. The van der Waals surface area contributed by atoms with Crippen LogP contribution in [0.4, 0.5) is 0 Å². The molecule has 0 spiro atoms. The second-order valence-electron chi connectivity index (χ2n) is 1.43. The van der Waals surface area contributed by atoms with Crippen molar-refractivity contribution in [1.82, 2.24) is 5.43 Å². The Balaban J connectivity index is 3.28. The molecule has 0 aromatic heterocycles. The maximum absolute atomic E-state index is 7.99. The minimum absolute atomic E-state index is 0.184. The maximum Gasteiger partial charge on any atom is 0.120 e. The highest BCUT2D eigenvalue weighted by atomic mass is 15.3. The molecule has 0 heterocycles. The van der Waals surface area contributed by atoms with Gasteiger partial charge in [-0.05, 0) is 6.92 Å². The average Bonchev–Trinajstić information content (AvgIpc) is 1.80. The molecule has 2 N–H and O–H groups in total. The van der Waals surface area contributed by atoms with Crippen LogP contribution >= 0.6 is 0 Å². The van der Waals surface area contributed by atoms with Crippen molar-refractivity contribution >= 4 is 11.9 Å². The zero-order chi connectivity index (χ0) is 7.11. The van der Waals surface area contributed by atoms with Crippen LogP contribution in [0.15, 0.2) is 5.10 Å². The van der Waals surface area contributed by atoms with E-state index >= 15 is 0 Å². The molecular formula is C5H8N4. The largest absolute Gasteiger partial charge is 0.304 e. The highest BCUT2D eigenvalue weighted by Gasteiger charge is 1.75. The molecule has 0 aromatic carbocycles. The summed E-state index contributed by atoms with van der Waals surface area (Å²) in [6.45, 7) is 1.79. The molecule has 0 saturated carbocycles. The van der Waals surface area contributed by atoms with Crippen LogP contribution in [0.3, 0.4) is 0 Å². The molecule has 0 aliphatic rings. The minimum atomic E-state index is 0.184. The van der Waals surface area contributed by atoms with Gasteiger partial charge in [-0.25, -0.2) is 0 Å². The number of hydrazone groups is 1. The summed E-state index contributed by atoms with van der Waals surface area (Å²) in [7, 11) is 0. The first-order chi connectivity index (χ1) is 4.27. The van der Waals surface area contributed by atoms with Crippen molar-refractivity contribution in [2.45, 2.75) is 6.92 Å². The van der Waals surface area contributed by atoms with Gasteiger partial charge in [0.2, 0.25) is 0 Å². The van der Waals surface area contributed by atoms with E-state index in [-0.39, 0.29) is 6.54 Å². The lowest BCUT2D eigenvalue weighted by Gasteiger charge is -1.86. The fraction of sp³-hybridized carbons (Fsp3) is 0.400. The smallest absolute Gasteiger partial charge is 0.120 e. The van der Waals surface area contributed by atoms with E-state index < -0.39 is 0 Å². The average molecular weight is 124 g/mol. The molecule has 0 radical (unpaired) electrons. The van der Waals surface area contributed by atoms with Gasteiger partial charge in [0.05, 0.1) is 12.3 Å².